The number of alkyl halides is 5. The van der Waals surface area contributed by atoms with Crippen LogP contribution in [-0.2, 0) is 10.2 Å². The van der Waals surface area contributed by atoms with E-state index in [1.807, 2.05) is 20.8 Å². The van der Waals surface area contributed by atoms with Crippen LogP contribution in [0.2, 0.25) is 0 Å². The van der Waals surface area contributed by atoms with Crippen LogP contribution in [-0.4, -0.2) is 19.2 Å². The smallest absolute Gasteiger partial charge is 0.377 e. The lowest BCUT2D eigenvalue weighted by Gasteiger charge is -2.26. The highest BCUT2D eigenvalue weighted by atomic mass is 19.4. The third-order valence-corrected chi connectivity index (χ3v) is 3.27. The fourth-order valence-corrected chi connectivity index (χ4v) is 1.89. The predicted molar refractivity (Wildman–Crippen MR) is 70.5 cm³/mol. The molecule has 0 radical (unpaired) electrons. The Kier molecular flexibility index (Phi) is 5.03. The Morgan fingerprint density at radius 2 is 1.62 bits per heavy atom. The lowest BCUT2D eigenvalue weighted by molar-refractivity contribution is -0.291. The molecule has 0 aromatic heterocycles. The molecule has 1 aromatic rings. The summed E-state index contributed by atoms with van der Waals surface area (Å²) in [6.45, 7) is 5.79. The zero-order valence-electron chi connectivity index (χ0n) is 12.4. The maximum absolute atomic E-state index is 13.2. The third-order valence-electron chi connectivity index (χ3n) is 3.27. The van der Waals surface area contributed by atoms with E-state index in [2.05, 4.69) is 0 Å². The molecule has 0 bridgehead atoms. The summed E-state index contributed by atoms with van der Waals surface area (Å²) in [4.78, 5) is 0. The Morgan fingerprint density at radius 1 is 1.05 bits per heavy atom. The molecule has 120 valence electrons. The predicted octanol–water partition coefficient (Wildman–Crippen LogP) is 5.26. The van der Waals surface area contributed by atoms with E-state index in [4.69, 9.17) is 4.74 Å². The third kappa shape index (κ3) is 4.40. The van der Waals surface area contributed by atoms with Crippen molar-refractivity contribution in [1.82, 2.24) is 0 Å². The van der Waals surface area contributed by atoms with Gasteiger partial charge in [0.05, 0.1) is 12.5 Å². The van der Waals surface area contributed by atoms with Gasteiger partial charge < -0.3 is 4.74 Å². The van der Waals surface area contributed by atoms with Crippen molar-refractivity contribution >= 4 is 0 Å². The highest BCUT2D eigenvalue weighted by Crippen LogP contribution is 2.42. The molecule has 0 spiro atoms. The van der Waals surface area contributed by atoms with Crippen LogP contribution in [0, 0.1) is 0 Å². The summed E-state index contributed by atoms with van der Waals surface area (Å²) in [7, 11) is 1.13. The largest absolute Gasteiger partial charge is 0.453 e. The molecule has 0 saturated heterocycles. The average molecular weight is 310 g/mol. The van der Waals surface area contributed by atoms with Gasteiger partial charge in [-0.1, -0.05) is 45.0 Å². The summed E-state index contributed by atoms with van der Waals surface area (Å²) in [6, 6.07) is 6.54. The van der Waals surface area contributed by atoms with Gasteiger partial charge in [0.15, 0.2) is 0 Å². The summed E-state index contributed by atoms with van der Waals surface area (Å²) >= 11 is 0. The summed E-state index contributed by atoms with van der Waals surface area (Å²) in [5.41, 5.74) is 0.923. The Hall–Kier alpha value is -1.17. The van der Waals surface area contributed by atoms with Crippen LogP contribution >= 0.6 is 0 Å². The van der Waals surface area contributed by atoms with E-state index in [0.717, 1.165) is 12.7 Å². The zero-order valence-corrected chi connectivity index (χ0v) is 12.4. The number of benzene rings is 1. The maximum Gasteiger partial charge on any atom is 0.453 e. The van der Waals surface area contributed by atoms with Crippen molar-refractivity contribution < 1.29 is 26.7 Å². The van der Waals surface area contributed by atoms with Crippen molar-refractivity contribution in [2.24, 2.45) is 0 Å². The second kappa shape index (κ2) is 5.91. The van der Waals surface area contributed by atoms with Gasteiger partial charge in [-0.25, -0.2) is 0 Å². The van der Waals surface area contributed by atoms with Gasteiger partial charge in [0.2, 0.25) is 0 Å². The molecule has 0 amide bonds. The Labute approximate surface area is 121 Å². The Morgan fingerprint density at radius 3 is 2.05 bits per heavy atom. The highest BCUT2D eigenvalue weighted by Gasteiger charge is 2.58. The molecule has 21 heavy (non-hydrogen) atoms. The van der Waals surface area contributed by atoms with E-state index in [1.54, 1.807) is 18.2 Å². The number of ether oxygens (including phenoxy) is 1. The fourth-order valence-electron chi connectivity index (χ4n) is 1.89. The summed E-state index contributed by atoms with van der Waals surface area (Å²) < 4.78 is 68.1. The van der Waals surface area contributed by atoms with Crippen LogP contribution in [0.4, 0.5) is 22.0 Å². The minimum absolute atomic E-state index is 0.235. The van der Waals surface area contributed by atoms with Crippen molar-refractivity contribution in [2.75, 3.05) is 7.11 Å². The van der Waals surface area contributed by atoms with Crippen LogP contribution in [0.25, 0.3) is 0 Å². The van der Waals surface area contributed by atoms with Crippen molar-refractivity contribution in [3.8, 4) is 0 Å². The van der Waals surface area contributed by atoms with Crippen LogP contribution in [0.15, 0.2) is 24.3 Å². The standard InChI is InChI=1S/C15H19F5O/c1-13(2,3)11-7-5-6-10(8-11)12(21-4)9-14(16,17)15(18,19)20/h5-8,12H,9H2,1-4H3. The molecule has 0 saturated carbocycles. The molecule has 0 aliphatic carbocycles. The molecule has 6 heteroatoms. The Bertz CT molecular complexity index is 474. The fraction of sp³-hybridized carbons (Fsp3) is 0.600. The molecule has 1 rings (SSSR count). The van der Waals surface area contributed by atoms with Crippen LogP contribution in [0.1, 0.15) is 44.4 Å². The molecule has 0 fully saturated rings. The lowest BCUT2D eigenvalue weighted by Crippen LogP contribution is -2.38. The molecule has 0 aliphatic heterocycles. The minimum atomic E-state index is -5.58. The molecule has 1 nitrogen and oxygen atoms in total. The van der Waals surface area contributed by atoms with Gasteiger partial charge in [-0.05, 0) is 16.5 Å². The average Bonchev–Trinajstić information content (AvgIpc) is 2.33. The van der Waals surface area contributed by atoms with Crippen molar-refractivity contribution in [3.05, 3.63) is 35.4 Å². The first kappa shape index (κ1) is 17.9. The normalized spacial score (nSPS) is 15.1. The van der Waals surface area contributed by atoms with Gasteiger partial charge in [-0.2, -0.15) is 22.0 Å². The van der Waals surface area contributed by atoms with Crippen molar-refractivity contribution in [2.45, 2.75) is 50.8 Å². The van der Waals surface area contributed by atoms with Crippen molar-refractivity contribution in [3.63, 3.8) is 0 Å². The highest BCUT2D eigenvalue weighted by molar-refractivity contribution is 5.30. The SMILES string of the molecule is COC(CC(F)(F)C(F)(F)F)c1cccc(C(C)(C)C)c1. The summed E-state index contributed by atoms with van der Waals surface area (Å²) in [6.07, 6.45) is -8.32. The minimum Gasteiger partial charge on any atom is -0.377 e. The van der Waals surface area contributed by atoms with E-state index >= 15 is 0 Å². The first-order valence-electron chi connectivity index (χ1n) is 6.46. The van der Waals surface area contributed by atoms with Crippen molar-refractivity contribution in [1.29, 1.82) is 0 Å². The first-order valence-corrected chi connectivity index (χ1v) is 6.46. The topological polar surface area (TPSA) is 9.23 Å². The van der Waals surface area contributed by atoms with Crippen LogP contribution < -0.4 is 0 Å². The van der Waals surface area contributed by atoms with E-state index in [1.165, 1.54) is 6.07 Å². The number of methoxy groups -OCH3 is 1. The molecule has 0 heterocycles. The number of halogens is 5. The zero-order chi connectivity index (χ0) is 16.5. The Balaban J connectivity index is 3.07. The van der Waals surface area contributed by atoms with Gasteiger partial charge in [0.25, 0.3) is 0 Å². The molecule has 1 unspecified atom stereocenters. The van der Waals surface area contributed by atoms with E-state index in [0.29, 0.717) is 5.56 Å². The van der Waals surface area contributed by atoms with E-state index in [-0.39, 0.29) is 5.41 Å². The number of rotatable bonds is 4. The second-order valence-electron chi connectivity index (χ2n) is 6.01. The summed E-state index contributed by atoms with van der Waals surface area (Å²) in [5.74, 6) is -4.79. The van der Waals surface area contributed by atoms with E-state index < -0.39 is 24.6 Å². The quantitative estimate of drug-likeness (QED) is 0.689. The van der Waals surface area contributed by atoms with Gasteiger partial charge in [-0.15, -0.1) is 0 Å². The lowest BCUT2D eigenvalue weighted by atomic mass is 9.85. The van der Waals surface area contributed by atoms with E-state index in [9.17, 15) is 22.0 Å². The molecule has 1 aromatic carbocycles. The van der Waals surface area contributed by atoms with Gasteiger partial charge in [0, 0.05) is 7.11 Å². The summed E-state index contributed by atoms with van der Waals surface area (Å²) in [5, 5.41) is 0. The van der Waals surface area contributed by atoms with Crippen LogP contribution in [0.3, 0.4) is 0 Å². The van der Waals surface area contributed by atoms with Gasteiger partial charge in [-0.3, -0.25) is 0 Å². The maximum atomic E-state index is 13.2. The van der Waals surface area contributed by atoms with Crippen LogP contribution in [0.5, 0.6) is 0 Å². The monoisotopic (exact) mass is 310 g/mol. The molecule has 1 atom stereocenters. The molecular formula is C15H19F5O. The number of hydrogen-bond acceptors (Lipinski definition) is 1. The van der Waals surface area contributed by atoms with Gasteiger partial charge in [0.1, 0.15) is 0 Å². The molecule has 0 aliphatic rings. The first-order chi connectivity index (χ1) is 9.38. The molecular weight excluding hydrogens is 291 g/mol. The van der Waals surface area contributed by atoms with Gasteiger partial charge >= 0.3 is 12.1 Å². The second-order valence-corrected chi connectivity index (χ2v) is 6.01. The molecule has 0 N–H and O–H groups in total. The number of hydrogen-bond donors (Lipinski definition) is 0.